The first-order valence-corrected chi connectivity index (χ1v) is 7.94. The van der Waals surface area contributed by atoms with Gasteiger partial charge in [0, 0.05) is 30.2 Å². The van der Waals surface area contributed by atoms with Gasteiger partial charge in [0.05, 0.1) is 0 Å². The molecule has 1 saturated carbocycles. The van der Waals surface area contributed by atoms with Gasteiger partial charge in [0.15, 0.2) is 0 Å². The SMILES string of the molecule is CN(CCNC(=O)/C=C/c1ccc(Cl)cc1)C1CCCC1. The lowest BCUT2D eigenvalue weighted by Gasteiger charge is -2.23. The van der Waals surface area contributed by atoms with Crippen LogP contribution in [0.1, 0.15) is 31.2 Å². The van der Waals surface area contributed by atoms with E-state index in [0.29, 0.717) is 17.6 Å². The van der Waals surface area contributed by atoms with E-state index in [9.17, 15) is 4.79 Å². The zero-order chi connectivity index (χ0) is 15.1. The van der Waals surface area contributed by atoms with Crippen LogP contribution in [0.3, 0.4) is 0 Å². The average molecular weight is 307 g/mol. The molecule has 0 bridgehead atoms. The van der Waals surface area contributed by atoms with E-state index in [1.807, 2.05) is 24.3 Å². The molecular weight excluding hydrogens is 284 g/mol. The molecule has 3 nitrogen and oxygen atoms in total. The number of nitrogens with zero attached hydrogens (tertiary/aromatic N) is 1. The Labute approximate surface area is 132 Å². The molecule has 1 fully saturated rings. The molecule has 4 heteroatoms. The molecule has 2 rings (SSSR count). The van der Waals surface area contributed by atoms with Crippen LogP contribution in [0.4, 0.5) is 0 Å². The molecule has 1 aliphatic rings. The highest BCUT2D eigenvalue weighted by atomic mass is 35.5. The van der Waals surface area contributed by atoms with E-state index >= 15 is 0 Å². The molecule has 1 amide bonds. The highest BCUT2D eigenvalue weighted by Gasteiger charge is 2.18. The van der Waals surface area contributed by atoms with Crippen molar-refractivity contribution in [1.29, 1.82) is 0 Å². The monoisotopic (exact) mass is 306 g/mol. The summed E-state index contributed by atoms with van der Waals surface area (Å²) in [5.74, 6) is -0.0511. The topological polar surface area (TPSA) is 32.3 Å². The molecule has 0 atom stereocenters. The number of carbonyl (C=O) groups excluding carboxylic acids is 1. The number of nitrogens with one attached hydrogen (secondary N) is 1. The van der Waals surface area contributed by atoms with Crippen molar-refractivity contribution < 1.29 is 4.79 Å². The van der Waals surface area contributed by atoms with Gasteiger partial charge in [-0.15, -0.1) is 0 Å². The summed E-state index contributed by atoms with van der Waals surface area (Å²) in [7, 11) is 2.14. The smallest absolute Gasteiger partial charge is 0.244 e. The lowest BCUT2D eigenvalue weighted by molar-refractivity contribution is -0.116. The van der Waals surface area contributed by atoms with Gasteiger partial charge in [-0.2, -0.15) is 0 Å². The Balaban J connectivity index is 1.68. The Morgan fingerprint density at radius 1 is 1.33 bits per heavy atom. The zero-order valence-corrected chi connectivity index (χ0v) is 13.3. The van der Waals surface area contributed by atoms with Crippen molar-refractivity contribution in [1.82, 2.24) is 10.2 Å². The number of amides is 1. The van der Waals surface area contributed by atoms with E-state index < -0.39 is 0 Å². The van der Waals surface area contributed by atoms with Crippen LogP contribution in [0.15, 0.2) is 30.3 Å². The summed E-state index contributed by atoms with van der Waals surface area (Å²) in [6, 6.07) is 8.11. The molecule has 1 aromatic carbocycles. The minimum Gasteiger partial charge on any atom is -0.351 e. The van der Waals surface area contributed by atoms with Crippen LogP contribution in [-0.4, -0.2) is 37.0 Å². The number of hydrogen-bond acceptors (Lipinski definition) is 2. The minimum atomic E-state index is -0.0511. The third-order valence-corrected chi connectivity index (χ3v) is 4.26. The molecule has 0 unspecified atom stereocenters. The lowest BCUT2D eigenvalue weighted by Crippen LogP contribution is -2.36. The molecular formula is C17H23ClN2O. The third kappa shape index (κ3) is 5.52. The highest BCUT2D eigenvalue weighted by molar-refractivity contribution is 6.30. The van der Waals surface area contributed by atoms with Gasteiger partial charge in [-0.1, -0.05) is 36.6 Å². The van der Waals surface area contributed by atoms with Gasteiger partial charge in [0.1, 0.15) is 0 Å². The normalized spacial score (nSPS) is 16.0. The van der Waals surface area contributed by atoms with Crippen LogP contribution in [0, 0.1) is 0 Å². The predicted molar refractivity (Wildman–Crippen MR) is 88.4 cm³/mol. The molecule has 21 heavy (non-hydrogen) atoms. The Kier molecular flexibility index (Phi) is 6.27. The maximum atomic E-state index is 11.7. The molecule has 1 aliphatic carbocycles. The first kappa shape index (κ1) is 16.1. The van der Waals surface area contributed by atoms with E-state index in [-0.39, 0.29) is 5.91 Å². The fourth-order valence-electron chi connectivity index (χ4n) is 2.69. The number of likely N-dealkylation sites (N-methyl/N-ethyl adjacent to an activating group) is 1. The first-order valence-electron chi connectivity index (χ1n) is 7.57. The Hall–Kier alpha value is -1.32. The number of hydrogen-bond donors (Lipinski definition) is 1. The molecule has 0 saturated heterocycles. The highest BCUT2D eigenvalue weighted by Crippen LogP contribution is 2.21. The van der Waals surface area contributed by atoms with Gasteiger partial charge in [-0.25, -0.2) is 0 Å². The van der Waals surface area contributed by atoms with Crippen LogP contribution in [0.5, 0.6) is 0 Å². The minimum absolute atomic E-state index is 0.0511. The number of halogens is 1. The van der Waals surface area contributed by atoms with Gasteiger partial charge in [-0.3, -0.25) is 4.79 Å². The summed E-state index contributed by atoms with van der Waals surface area (Å²) in [5, 5.41) is 3.63. The Bertz CT molecular complexity index is 478. The number of carbonyl (C=O) groups is 1. The van der Waals surface area contributed by atoms with Gasteiger partial charge in [0.2, 0.25) is 5.91 Å². The van der Waals surface area contributed by atoms with E-state index in [2.05, 4.69) is 17.3 Å². The van der Waals surface area contributed by atoms with Gasteiger partial charge in [0.25, 0.3) is 0 Å². The van der Waals surface area contributed by atoms with Crippen molar-refractivity contribution in [2.24, 2.45) is 0 Å². The van der Waals surface area contributed by atoms with Crippen molar-refractivity contribution in [3.8, 4) is 0 Å². The summed E-state index contributed by atoms with van der Waals surface area (Å²) in [6.45, 7) is 1.60. The maximum Gasteiger partial charge on any atom is 0.244 e. The van der Waals surface area contributed by atoms with Crippen molar-refractivity contribution in [2.75, 3.05) is 20.1 Å². The van der Waals surface area contributed by atoms with E-state index in [4.69, 9.17) is 11.6 Å². The van der Waals surface area contributed by atoms with Crippen LogP contribution >= 0.6 is 11.6 Å². The fraction of sp³-hybridized carbons (Fsp3) is 0.471. The quantitative estimate of drug-likeness (QED) is 0.818. The second kappa shape index (κ2) is 8.20. The summed E-state index contributed by atoms with van der Waals surface area (Å²) in [4.78, 5) is 14.1. The average Bonchev–Trinajstić information content (AvgIpc) is 3.01. The van der Waals surface area contributed by atoms with Crippen LogP contribution in [0.25, 0.3) is 6.08 Å². The summed E-state index contributed by atoms with van der Waals surface area (Å²) in [5.41, 5.74) is 0.970. The zero-order valence-electron chi connectivity index (χ0n) is 12.5. The largest absolute Gasteiger partial charge is 0.351 e. The molecule has 0 heterocycles. The van der Waals surface area contributed by atoms with E-state index in [0.717, 1.165) is 12.1 Å². The van der Waals surface area contributed by atoms with Crippen molar-refractivity contribution in [3.05, 3.63) is 40.9 Å². The Morgan fingerprint density at radius 3 is 2.67 bits per heavy atom. The molecule has 0 radical (unpaired) electrons. The molecule has 0 aromatic heterocycles. The fourth-order valence-corrected chi connectivity index (χ4v) is 2.81. The molecule has 0 aliphatic heterocycles. The summed E-state index contributed by atoms with van der Waals surface area (Å²) in [6.07, 6.45) is 8.63. The first-order chi connectivity index (χ1) is 10.1. The standard InChI is InChI=1S/C17H23ClN2O/c1-20(16-4-2-3-5-16)13-12-19-17(21)11-8-14-6-9-15(18)10-7-14/h6-11,16H,2-5,12-13H2,1H3,(H,19,21)/b11-8+. The lowest BCUT2D eigenvalue weighted by atomic mass is 10.2. The van der Waals surface area contributed by atoms with Gasteiger partial charge >= 0.3 is 0 Å². The van der Waals surface area contributed by atoms with Gasteiger partial charge < -0.3 is 10.2 Å². The molecule has 1 aromatic rings. The maximum absolute atomic E-state index is 11.7. The third-order valence-electron chi connectivity index (χ3n) is 4.01. The van der Waals surface area contributed by atoms with Crippen molar-refractivity contribution >= 4 is 23.6 Å². The predicted octanol–water partition coefficient (Wildman–Crippen LogP) is 3.34. The molecule has 1 N–H and O–H groups in total. The van der Waals surface area contributed by atoms with Crippen LogP contribution in [-0.2, 0) is 4.79 Å². The number of benzene rings is 1. The summed E-state index contributed by atoms with van der Waals surface area (Å²) < 4.78 is 0. The van der Waals surface area contributed by atoms with Crippen LogP contribution < -0.4 is 5.32 Å². The van der Waals surface area contributed by atoms with Crippen molar-refractivity contribution in [2.45, 2.75) is 31.7 Å². The number of rotatable bonds is 6. The second-order valence-electron chi connectivity index (χ2n) is 5.59. The van der Waals surface area contributed by atoms with Crippen molar-refractivity contribution in [3.63, 3.8) is 0 Å². The second-order valence-corrected chi connectivity index (χ2v) is 6.03. The molecule has 0 spiro atoms. The van der Waals surface area contributed by atoms with Gasteiger partial charge in [-0.05, 0) is 43.7 Å². The summed E-state index contributed by atoms with van der Waals surface area (Å²) >= 11 is 5.82. The Morgan fingerprint density at radius 2 is 2.00 bits per heavy atom. The van der Waals surface area contributed by atoms with Crippen LogP contribution in [0.2, 0.25) is 5.02 Å². The molecule has 114 valence electrons. The van der Waals surface area contributed by atoms with E-state index in [1.54, 1.807) is 12.2 Å². The van der Waals surface area contributed by atoms with E-state index in [1.165, 1.54) is 25.7 Å².